The Bertz CT molecular complexity index is 869. The molecule has 0 N–H and O–H groups in total. The Labute approximate surface area is 154 Å². The summed E-state index contributed by atoms with van der Waals surface area (Å²) in [6.07, 6.45) is 2.08. The number of ether oxygens (including phenoxy) is 1. The summed E-state index contributed by atoms with van der Waals surface area (Å²) < 4.78 is 24.2. The Morgan fingerprint density at radius 1 is 1.19 bits per heavy atom. The number of nitrogens with zero attached hydrogens (tertiary/aromatic N) is 1. The zero-order valence-electron chi connectivity index (χ0n) is 14.1. The maximum absolute atomic E-state index is 12.9. The van der Waals surface area contributed by atoms with Crippen LogP contribution < -0.4 is 4.74 Å². The zero-order valence-corrected chi connectivity index (χ0v) is 14.9. The molecule has 1 saturated carbocycles. The summed E-state index contributed by atoms with van der Waals surface area (Å²) in [6.45, 7) is 0.802. The molecule has 1 aromatic carbocycles. The molecule has 1 amide bonds. The van der Waals surface area contributed by atoms with E-state index in [9.17, 15) is 9.18 Å². The first-order valence-corrected chi connectivity index (χ1v) is 9.37. The molecular weight excluding hydrogens is 353 g/mol. The normalized spacial score (nSPS) is 13.6. The monoisotopic (exact) mass is 371 g/mol. The number of amides is 1. The Balaban J connectivity index is 1.40. The molecule has 2 heterocycles. The number of furan rings is 1. The molecule has 1 aliphatic carbocycles. The summed E-state index contributed by atoms with van der Waals surface area (Å²) in [6, 6.07) is 13.6. The van der Waals surface area contributed by atoms with Crippen molar-refractivity contribution in [3.05, 3.63) is 76.1 Å². The van der Waals surface area contributed by atoms with E-state index in [1.807, 2.05) is 22.4 Å². The maximum Gasteiger partial charge on any atom is 0.290 e. The lowest BCUT2D eigenvalue weighted by Gasteiger charge is -2.20. The van der Waals surface area contributed by atoms with Crippen LogP contribution in [0.25, 0.3) is 0 Å². The van der Waals surface area contributed by atoms with Crippen molar-refractivity contribution >= 4 is 17.2 Å². The Morgan fingerprint density at radius 3 is 2.69 bits per heavy atom. The second-order valence-electron chi connectivity index (χ2n) is 6.25. The highest BCUT2D eigenvalue weighted by molar-refractivity contribution is 7.09. The first-order valence-electron chi connectivity index (χ1n) is 8.49. The van der Waals surface area contributed by atoms with Gasteiger partial charge < -0.3 is 14.1 Å². The van der Waals surface area contributed by atoms with Crippen LogP contribution in [0.4, 0.5) is 4.39 Å². The smallest absolute Gasteiger partial charge is 0.290 e. The minimum Gasteiger partial charge on any atom is -0.486 e. The molecule has 1 aliphatic rings. The lowest BCUT2D eigenvalue weighted by Crippen LogP contribution is -2.32. The van der Waals surface area contributed by atoms with Gasteiger partial charge in [0.25, 0.3) is 5.91 Å². The molecule has 6 heteroatoms. The van der Waals surface area contributed by atoms with Gasteiger partial charge in [-0.05, 0) is 60.7 Å². The van der Waals surface area contributed by atoms with Gasteiger partial charge in [-0.15, -0.1) is 11.3 Å². The predicted octanol–water partition coefficient (Wildman–Crippen LogP) is 4.86. The van der Waals surface area contributed by atoms with Gasteiger partial charge in [-0.3, -0.25) is 4.79 Å². The summed E-state index contributed by atoms with van der Waals surface area (Å²) in [5.74, 6) is 1.03. The molecule has 4 rings (SSSR count). The average Bonchev–Trinajstić information content (AvgIpc) is 3.16. The maximum atomic E-state index is 12.9. The van der Waals surface area contributed by atoms with E-state index in [4.69, 9.17) is 9.15 Å². The number of hydrogen-bond acceptors (Lipinski definition) is 4. The molecule has 2 aromatic heterocycles. The van der Waals surface area contributed by atoms with Crippen LogP contribution in [0.3, 0.4) is 0 Å². The number of rotatable bonds is 7. The standard InChI is InChI=1S/C20H18FNO3S/c21-14-3-7-16(8-4-14)24-13-17-9-10-19(25-17)20(23)22(15-5-6-15)12-18-2-1-11-26-18/h1-4,7-11,15H,5-6,12-13H2. The van der Waals surface area contributed by atoms with E-state index >= 15 is 0 Å². The number of benzene rings is 1. The molecule has 0 atom stereocenters. The quantitative estimate of drug-likeness (QED) is 0.595. The fraction of sp³-hybridized carbons (Fsp3) is 0.250. The van der Waals surface area contributed by atoms with Gasteiger partial charge in [0.1, 0.15) is 23.9 Å². The zero-order chi connectivity index (χ0) is 17.9. The Morgan fingerprint density at radius 2 is 2.00 bits per heavy atom. The molecule has 0 radical (unpaired) electrons. The van der Waals surface area contributed by atoms with Crippen LogP contribution in [0.1, 0.15) is 34.0 Å². The third-order valence-corrected chi connectivity index (χ3v) is 5.08. The minimum atomic E-state index is -0.311. The molecule has 3 aromatic rings. The molecule has 0 unspecified atom stereocenters. The lowest BCUT2D eigenvalue weighted by atomic mass is 10.3. The number of halogens is 1. The second kappa shape index (κ2) is 7.33. The second-order valence-corrected chi connectivity index (χ2v) is 7.28. The van der Waals surface area contributed by atoms with Crippen LogP contribution in [-0.2, 0) is 13.2 Å². The van der Waals surface area contributed by atoms with Gasteiger partial charge in [-0.25, -0.2) is 4.39 Å². The highest BCUT2D eigenvalue weighted by Crippen LogP contribution is 2.31. The van der Waals surface area contributed by atoms with Crippen molar-refractivity contribution < 1.29 is 18.3 Å². The lowest BCUT2D eigenvalue weighted by molar-refractivity contribution is 0.0695. The SMILES string of the molecule is O=C(c1ccc(COc2ccc(F)cc2)o1)N(Cc1cccs1)C1CC1. The van der Waals surface area contributed by atoms with Crippen molar-refractivity contribution in [2.75, 3.05) is 0 Å². The highest BCUT2D eigenvalue weighted by atomic mass is 32.1. The van der Waals surface area contributed by atoms with Gasteiger partial charge in [0, 0.05) is 10.9 Å². The fourth-order valence-corrected chi connectivity index (χ4v) is 3.42. The van der Waals surface area contributed by atoms with Gasteiger partial charge in [-0.2, -0.15) is 0 Å². The van der Waals surface area contributed by atoms with Crippen molar-refractivity contribution in [3.8, 4) is 5.75 Å². The van der Waals surface area contributed by atoms with Gasteiger partial charge in [0.2, 0.25) is 0 Å². The molecule has 0 spiro atoms. The summed E-state index contributed by atoms with van der Waals surface area (Å²) in [5.41, 5.74) is 0. The summed E-state index contributed by atoms with van der Waals surface area (Å²) in [7, 11) is 0. The van der Waals surface area contributed by atoms with Crippen LogP contribution in [0.5, 0.6) is 5.75 Å². The third kappa shape index (κ3) is 3.96. The first-order chi connectivity index (χ1) is 12.7. The van der Waals surface area contributed by atoms with Gasteiger partial charge in [-0.1, -0.05) is 6.07 Å². The van der Waals surface area contributed by atoms with Gasteiger partial charge >= 0.3 is 0 Å². The molecule has 1 fully saturated rings. The molecule has 134 valence electrons. The van der Waals surface area contributed by atoms with E-state index in [1.165, 1.54) is 12.1 Å². The van der Waals surface area contributed by atoms with E-state index in [0.29, 0.717) is 29.9 Å². The van der Waals surface area contributed by atoms with Crippen molar-refractivity contribution in [2.24, 2.45) is 0 Å². The summed E-state index contributed by atoms with van der Waals surface area (Å²) >= 11 is 1.65. The van der Waals surface area contributed by atoms with Gasteiger partial charge in [0.15, 0.2) is 5.76 Å². The molecule has 4 nitrogen and oxygen atoms in total. The predicted molar refractivity (Wildman–Crippen MR) is 96.7 cm³/mol. The molecular formula is C20H18FNO3S. The highest BCUT2D eigenvalue weighted by Gasteiger charge is 2.34. The average molecular weight is 371 g/mol. The minimum absolute atomic E-state index is 0.0890. The van der Waals surface area contributed by atoms with Crippen LogP contribution in [-0.4, -0.2) is 16.8 Å². The Hall–Kier alpha value is -2.60. The van der Waals surface area contributed by atoms with E-state index in [0.717, 1.165) is 17.7 Å². The number of carbonyl (C=O) groups is 1. The van der Waals surface area contributed by atoms with Crippen LogP contribution in [0, 0.1) is 5.82 Å². The first kappa shape index (κ1) is 16.8. The van der Waals surface area contributed by atoms with Crippen LogP contribution in [0.2, 0.25) is 0 Å². The van der Waals surface area contributed by atoms with E-state index in [-0.39, 0.29) is 18.3 Å². The van der Waals surface area contributed by atoms with E-state index < -0.39 is 0 Å². The third-order valence-electron chi connectivity index (χ3n) is 4.22. The molecule has 0 aliphatic heterocycles. The van der Waals surface area contributed by atoms with Crippen molar-refractivity contribution in [1.82, 2.24) is 4.90 Å². The summed E-state index contributed by atoms with van der Waals surface area (Å²) in [4.78, 5) is 15.9. The van der Waals surface area contributed by atoms with E-state index in [1.54, 1.807) is 35.6 Å². The molecule has 0 saturated heterocycles. The molecule has 0 bridgehead atoms. The Kier molecular flexibility index (Phi) is 4.75. The summed E-state index contributed by atoms with van der Waals surface area (Å²) in [5, 5.41) is 2.02. The topological polar surface area (TPSA) is 42.7 Å². The largest absolute Gasteiger partial charge is 0.486 e. The molecule has 26 heavy (non-hydrogen) atoms. The number of carbonyl (C=O) groups excluding carboxylic acids is 1. The van der Waals surface area contributed by atoms with Crippen molar-refractivity contribution in [1.29, 1.82) is 0 Å². The van der Waals surface area contributed by atoms with Crippen LogP contribution in [0.15, 0.2) is 58.3 Å². The van der Waals surface area contributed by atoms with Crippen molar-refractivity contribution in [2.45, 2.75) is 32.0 Å². The van der Waals surface area contributed by atoms with Crippen LogP contribution >= 0.6 is 11.3 Å². The fourth-order valence-electron chi connectivity index (χ4n) is 2.72. The number of thiophene rings is 1. The van der Waals surface area contributed by atoms with E-state index in [2.05, 4.69) is 0 Å². The van der Waals surface area contributed by atoms with Crippen molar-refractivity contribution in [3.63, 3.8) is 0 Å². The van der Waals surface area contributed by atoms with Gasteiger partial charge in [0.05, 0.1) is 6.54 Å². The number of hydrogen-bond donors (Lipinski definition) is 0.